The van der Waals surface area contributed by atoms with E-state index in [2.05, 4.69) is 16.0 Å². The van der Waals surface area contributed by atoms with Crippen LogP contribution in [0, 0.1) is 10.1 Å². The van der Waals surface area contributed by atoms with Gasteiger partial charge in [-0.1, -0.05) is 91.0 Å². The quantitative estimate of drug-likeness (QED) is 0.137. The van der Waals surface area contributed by atoms with Gasteiger partial charge in [0.15, 0.2) is 0 Å². The molecule has 0 bridgehead atoms. The fourth-order valence-corrected chi connectivity index (χ4v) is 5.68. The van der Waals surface area contributed by atoms with Crippen molar-refractivity contribution in [1.82, 2.24) is 15.5 Å². The van der Waals surface area contributed by atoms with Gasteiger partial charge in [0.25, 0.3) is 5.69 Å². The second-order valence-corrected chi connectivity index (χ2v) is 11.7. The van der Waals surface area contributed by atoms with Gasteiger partial charge >= 0.3 is 6.09 Å². The number of anilines is 1. The number of amides is 4. The van der Waals surface area contributed by atoms with Crippen LogP contribution in [0.2, 0.25) is 0 Å². The summed E-state index contributed by atoms with van der Waals surface area (Å²) in [5, 5.41) is 19.3. The van der Waals surface area contributed by atoms with Crippen molar-refractivity contribution < 1.29 is 28.8 Å². The molecule has 4 aromatic rings. The fourth-order valence-electron chi connectivity index (χ4n) is 5.68. The standard InChI is InChI=1S/C37H37N5O7/c43-34(38-29-18-20-30(21-19-29)42(47)48)31(23-26-11-4-1-5-12-26)39-35(44)33-17-10-22-41(33)36(45)32(24-27-13-6-2-7-14-27)40-37(46)49-25-28-15-8-3-9-16-28/h1-9,11-16,18-21,31-33H,10,17,22-25H2,(H,38,43)(H,39,44)(H,40,46)/t31-,32-,33-/m0/s1. The van der Waals surface area contributed by atoms with Crippen LogP contribution in [0.25, 0.3) is 0 Å². The number of non-ortho nitro benzene ring substituents is 1. The summed E-state index contributed by atoms with van der Waals surface area (Å²) in [7, 11) is 0. The predicted molar refractivity (Wildman–Crippen MR) is 182 cm³/mol. The summed E-state index contributed by atoms with van der Waals surface area (Å²) in [5.74, 6) is -1.46. The zero-order valence-electron chi connectivity index (χ0n) is 26.7. The molecule has 5 rings (SSSR count). The molecule has 4 amide bonds. The molecule has 1 fully saturated rings. The Labute approximate surface area is 283 Å². The summed E-state index contributed by atoms with van der Waals surface area (Å²) in [6, 6.07) is 30.0. The first kappa shape index (κ1) is 34.3. The monoisotopic (exact) mass is 663 g/mol. The van der Waals surface area contributed by atoms with E-state index in [-0.39, 0.29) is 25.1 Å². The molecular weight excluding hydrogens is 626 g/mol. The van der Waals surface area contributed by atoms with E-state index >= 15 is 0 Å². The van der Waals surface area contributed by atoms with Gasteiger partial charge in [-0.05, 0) is 41.7 Å². The predicted octanol–water partition coefficient (Wildman–Crippen LogP) is 4.79. The molecule has 1 saturated heterocycles. The average Bonchev–Trinajstić information content (AvgIpc) is 3.62. The van der Waals surface area contributed by atoms with Crippen molar-refractivity contribution in [3.8, 4) is 0 Å². The molecule has 49 heavy (non-hydrogen) atoms. The molecule has 3 N–H and O–H groups in total. The molecule has 1 aliphatic heterocycles. The molecule has 0 unspecified atom stereocenters. The Bertz CT molecular complexity index is 1740. The van der Waals surface area contributed by atoms with Crippen LogP contribution in [-0.4, -0.2) is 58.3 Å². The lowest BCUT2D eigenvalue weighted by atomic mass is 10.0. The lowest BCUT2D eigenvalue weighted by Crippen LogP contribution is -2.56. The zero-order chi connectivity index (χ0) is 34.6. The van der Waals surface area contributed by atoms with Gasteiger partial charge in [0.05, 0.1) is 4.92 Å². The molecule has 0 radical (unpaired) electrons. The Morgan fingerprint density at radius 3 is 1.88 bits per heavy atom. The number of nitrogens with zero attached hydrogens (tertiary/aromatic N) is 2. The summed E-state index contributed by atoms with van der Waals surface area (Å²) >= 11 is 0. The Kier molecular flexibility index (Phi) is 11.7. The van der Waals surface area contributed by atoms with Crippen molar-refractivity contribution in [3.63, 3.8) is 0 Å². The molecule has 1 heterocycles. The highest BCUT2D eigenvalue weighted by Gasteiger charge is 2.39. The third kappa shape index (κ3) is 9.74. The van der Waals surface area contributed by atoms with Gasteiger partial charge in [0, 0.05) is 37.2 Å². The van der Waals surface area contributed by atoms with E-state index in [9.17, 15) is 29.3 Å². The highest BCUT2D eigenvalue weighted by molar-refractivity contribution is 5.99. The molecule has 0 spiro atoms. The van der Waals surface area contributed by atoms with Crippen molar-refractivity contribution in [2.24, 2.45) is 0 Å². The van der Waals surface area contributed by atoms with Crippen LogP contribution in [0.5, 0.6) is 0 Å². The number of rotatable bonds is 13. The Morgan fingerprint density at radius 2 is 1.31 bits per heavy atom. The van der Waals surface area contributed by atoms with Crippen LogP contribution in [-0.2, 0) is 38.6 Å². The normalized spacial score (nSPS) is 15.0. The topological polar surface area (TPSA) is 160 Å². The smallest absolute Gasteiger partial charge is 0.408 e. The summed E-state index contributed by atoms with van der Waals surface area (Å²) in [6.07, 6.45) is 0.509. The van der Waals surface area contributed by atoms with Crippen LogP contribution < -0.4 is 16.0 Å². The molecule has 0 aromatic heterocycles. The molecule has 12 heteroatoms. The number of benzene rings is 4. The maximum absolute atomic E-state index is 14.1. The van der Waals surface area contributed by atoms with Gasteiger partial charge in [0.1, 0.15) is 24.7 Å². The number of hydrogen-bond donors (Lipinski definition) is 3. The highest BCUT2D eigenvalue weighted by Crippen LogP contribution is 2.21. The van der Waals surface area contributed by atoms with Crippen molar-refractivity contribution >= 4 is 35.2 Å². The molecule has 1 aliphatic rings. The van der Waals surface area contributed by atoms with Crippen molar-refractivity contribution in [2.75, 3.05) is 11.9 Å². The number of carbonyl (C=O) groups is 4. The second kappa shape index (κ2) is 16.7. The number of hydrogen-bond acceptors (Lipinski definition) is 7. The molecule has 0 saturated carbocycles. The number of nitro groups is 1. The number of ether oxygens (including phenoxy) is 1. The van der Waals surface area contributed by atoms with Crippen molar-refractivity contribution in [1.29, 1.82) is 0 Å². The molecule has 0 aliphatic carbocycles. The lowest BCUT2D eigenvalue weighted by Gasteiger charge is -2.30. The summed E-state index contributed by atoms with van der Waals surface area (Å²) in [6.45, 7) is 0.319. The minimum absolute atomic E-state index is 0.0262. The number of alkyl carbamates (subject to hydrolysis) is 1. The lowest BCUT2D eigenvalue weighted by molar-refractivity contribution is -0.384. The van der Waals surface area contributed by atoms with E-state index in [1.54, 1.807) is 0 Å². The SMILES string of the molecule is O=C(N[C@@H](Cc1ccccc1)C(=O)N1CCC[C@H]1C(=O)N[C@@H](Cc1ccccc1)C(=O)Nc1ccc([N+](=O)[O-])cc1)OCc1ccccc1. The first-order valence-corrected chi connectivity index (χ1v) is 16.0. The number of nitrogens with one attached hydrogen (secondary N) is 3. The van der Waals surface area contributed by atoms with Gasteiger partial charge in [-0.25, -0.2) is 4.79 Å². The first-order chi connectivity index (χ1) is 23.8. The summed E-state index contributed by atoms with van der Waals surface area (Å²) in [4.78, 5) is 66.2. The molecule has 3 atom stereocenters. The van der Waals surface area contributed by atoms with Crippen molar-refractivity contribution in [3.05, 3.63) is 142 Å². The van der Waals surface area contributed by atoms with Gasteiger partial charge in [0.2, 0.25) is 17.7 Å². The van der Waals surface area contributed by atoms with Crippen LogP contribution in [0.1, 0.15) is 29.5 Å². The summed E-state index contributed by atoms with van der Waals surface area (Å²) < 4.78 is 5.41. The van der Waals surface area contributed by atoms with E-state index in [4.69, 9.17) is 4.74 Å². The van der Waals surface area contributed by atoms with Crippen LogP contribution in [0.4, 0.5) is 16.2 Å². The second-order valence-electron chi connectivity index (χ2n) is 11.7. The van der Waals surface area contributed by atoms with E-state index in [1.165, 1.54) is 29.2 Å². The maximum Gasteiger partial charge on any atom is 0.408 e. The van der Waals surface area contributed by atoms with E-state index < -0.39 is 46.9 Å². The molecule has 252 valence electrons. The fraction of sp³-hybridized carbons (Fsp3) is 0.243. The average molecular weight is 664 g/mol. The van der Waals surface area contributed by atoms with E-state index in [0.717, 1.165) is 16.7 Å². The Balaban J connectivity index is 1.30. The van der Waals surface area contributed by atoms with Crippen LogP contribution in [0.3, 0.4) is 0 Å². The van der Waals surface area contributed by atoms with Gasteiger partial charge in [-0.3, -0.25) is 24.5 Å². The number of nitro benzene ring substituents is 1. The van der Waals surface area contributed by atoms with Gasteiger partial charge < -0.3 is 25.6 Å². The van der Waals surface area contributed by atoms with Crippen LogP contribution in [0.15, 0.2) is 115 Å². The first-order valence-electron chi connectivity index (χ1n) is 16.0. The maximum atomic E-state index is 14.1. The minimum atomic E-state index is -1.02. The van der Waals surface area contributed by atoms with Gasteiger partial charge in [-0.15, -0.1) is 0 Å². The number of carbonyl (C=O) groups excluding carboxylic acids is 4. The van der Waals surface area contributed by atoms with Gasteiger partial charge in [-0.2, -0.15) is 0 Å². The molecular formula is C37H37N5O7. The Morgan fingerprint density at radius 1 is 0.755 bits per heavy atom. The zero-order valence-corrected chi connectivity index (χ0v) is 26.7. The third-order valence-electron chi connectivity index (χ3n) is 8.19. The number of likely N-dealkylation sites (tertiary alicyclic amines) is 1. The minimum Gasteiger partial charge on any atom is -0.445 e. The molecule has 4 aromatic carbocycles. The van der Waals surface area contributed by atoms with Crippen LogP contribution >= 0.6 is 0 Å². The van der Waals surface area contributed by atoms with E-state index in [0.29, 0.717) is 25.1 Å². The summed E-state index contributed by atoms with van der Waals surface area (Å²) in [5.41, 5.74) is 2.61. The van der Waals surface area contributed by atoms with Crippen molar-refractivity contribution in [2.45, 2.75) is 50.4 Å². The largest absolute Gasteiger partial charge is 0.445 e. The highest BCUT2D eigenvalue weighted by atomic mass is 16.6. The van der Waals surface area contributed by atoms with E-state index in [1.807, 2.05) is 91.0 Å². The Hall–Kier alpha value is -6.04. The third-order valence-corrected chi connectivity index (χ3v) is 8.19. The molecule has 12 nitrogen and oxygen atoms in total.